The summed E-state index contributed by atoms with van der Waals surface area (Å²) in [6.07, 6.45) is 9.03. The molecule has 1 aromatic rings. The molecule has 2 aliphatic rings. The van der Waals surface area contributed by atoms with Crippen LogP contribution in [0.3, 0.4) is 0 Å². The Morgan fingerprint density at radius 2 is 1.95 bits per heavy atom. The van der Waals surface area contributed by atoms with E-state index in [0.717, 1.165) is 31.1 Å². The maximum atomic E-state index is 6.43. The van der Waals surface area contributed by atoms with Gasteiger partial charge in [0.25, 0.3) is 0 Å². The minimum Gasteiger partial charge on any atom is -0.497 e. The van der Waals surface area contributed by atoms with Gasteiger partial charge >= 0.3 is 0 Å². The van der Waals surface area contributed by atoms with Gasteiger partial charge in [0.2, 0.25) is 0 Å². The molecule has 0 aliphatic heterocycles. The molecule has 0 aromatic heterocycles. The molecule has 2 N–H and O–H groups in total. The Balaban J connectivity index is 1.60. The number of benzene rings is 1. The smallest absolute Gasteiger partial charge is 0.119 e. The van der Waals surface area contributed by atoms with E-state index in [-0.39, 0.29) is 12.1 Å². The maximum Gasteiger partial charge on any atom is 0.119 e. The monoisotopic (exact) mass is 289 g/mol. The number of nitrogens with two attached hydrogens (primary N) is 1. The topological polar surface area (TPSA) is 44.5 Å². The van der Waals surface area contributed by atoms with Gasteiger partial charge in [0, 0.05) is 6.61 Å². The fraction of sp³-hybridized carbons (Fsp3) is 0.667. The van der Waals surface area contributed by atoms with E-state index in [9.17, 15) is 0 Å². The van der Waals surface area contributed by atoms with Crippen LogP contribution in [-0.2, 0) is 11.2 Å². The predicted octanol–water partition coefficient (Wildman–Crippen LogP) is 3.61. The third kappa shape index (κ3) is 3.41. The van der Waals surface area contributed by atoms with Gasteiger partial charge in [0.15, 0.2) is 0 Å². The van der Waals surface area contributed by atoms with Crippen LogP contribution in [0.2, 0.25) is 0 Å². The molecule has 2 unspecified atom stereocenters. The van der Waals surface area contributed by atoms with E-state index in [4.69, 9.17) is 15.2 Å². The summed E-state index contributed by atoms with van der Waals surface area (Å²) in [6.45, 7) is 0.893. The zero-order valence-electron chi connectivity index (χ0n) is 13.0. The number of hydrogen-bond acceptors (Lipinski definition) is 3. The molecule has 0 amide bonds. The summed E-state index contributed by atoms with van der Waals surface area (Å²) in [5, 5.41) is 0. The Morgan fingerprint density at radius 3 is 2.71 bits per heavy atom. The van der Waals surface area contributed by atoms with E-state index in [1.54, 1.807) is 7.11 Å². The lowest BCUT2D eigenvalue weighted by Gasteiger charge is -2.33. The van der Waals surface area contributed by atoms with Gasteiger partial charge in [-0.15, -0.1) is 0 Å². The van der Waals surface area contributed by atoms with Gasteiger partial charge in [-0.1, -0.05) is 25.3 Å². The molecule has 0 saturated heterocycles. The van der Waals surface area contributed by atoms with Gasteiger partial charge < -0.3 is 15.2 Å². The van der Waals surface area contributed by atoms with Gasteiger partial charge in [-0.25, -0.2) is 0 Å². The summed E-state index contributed by atoms with van der Waals surface area (Å²) >= 11 is 0. The fourth-order valence-corrected chi connectivity index (χ4v) is 3.73. The highest BCUT2D eigenvalue weighted by Gasteiger charge is 2.28. The van der Waals surface area contributed by atoms with Crippen molar-refractivity contribution in [2.75, 3.05) is 13.7 Å². The minimum absolute atomic E-state index is 0.00301. The van der Waals surface area contributed by atoms with Gasteiger partial charge in [-0.05, 0) is 54.9 Å². The summed E-state index contributed by atoms with van der Waals surface area (Å²) in [5.74, 6) is 1.67. The standard InChI is InChI=1S/C18H27NO2/c1-20-15-8-9-16-14(11-15)7-10-17(18(16)19)21-12-13-5-3-2-4-6-13/h8-9,11,13,17-18H,2-7,10,12,19H2,1H3. The Hall–Kier alpha value is -1.06. The summed E-state index contributed by atoms with van der Waals surface area (Å²) in [4.78, 5) is 0. The summed E-state index contributed by atoms with van der Waals surface area (Å²) in [7, 11) is 1.71. The molecule has 0 radical (unpaired) electrons. The van der Waals surface area contributed by atoms with Crippen molar-refractivity contribution < 1.29 is 9.47 Å². The first kappa shape index (κ1) is 14.9. The summed E-state index contributed by atoms with van der Waals surface area (Å²) < 4.78 is 11.5. The molecule has 1 aromatic carbocycles. The lowest BCUT2D eigenvalue weighted by atomic mass is 9.85. The molecule has 3 nitrogen and oxygen atoms in total. The van der Waals surface area contributed by atoms with E-state index in [2.05, 4.69) is 12.1 Å². The molecule has 21 heavy (non-hydrogen) atoms. The average molecular weight is 289 g/mol. The normalized spacial score (nSPS) is 26.4. The van der Waals surface area contributed by atoms with Crippen LogP contribution in [0, 0.1) is 5.92 Å². The third-order valence-electron chi connectivity index (χ3n) is 5.08. The highest BCUT2D eigenvalue weighted by Crippen LogP contribution is 2.33. The number of aryl methyl sites for hydroxylation is 1. The maximum absolute atomic E-state index is 6.43. The molecule has 2 aliphatic carbocycles. The second-order valence-corrected chi connectivity index (χ2v) is 6.51. The highest BCUT2D eigenvalue weighted by molar-refractivity contribution is 5.39. The van der Waals surface area contributed by atoms with Crippen molar-refractivity contribution in [2.45, 2.75) is 57.1 Å². The van der Waals surface area contributed by atoms with Crippen LogP contribution in [0.4, 0.5) is 0 Å². The van der Waals surface area contributed by atoms with Crippen molar-refractivity contribution in [1.82, 2.24) is 0 Å². The first-order chi connectivity index (χ1) is 10.3. The Labute approximate surface area is 127 Å². The zero-order valence-corrected chi connectivity index (χ0v) is 13.0. The van der Waals surface area contributed by atoms with Crippen LogP contribution in [0.5, 0.6) is 5.75 Å². The van der Waals surface area contributed by atoms with Crippen molar-refractivity contribution in [1.29, 1.82) is 0 Å². The van der Waals surface area contributed by atoms with Crippen molar-refractivity contribution in [3.63, 3.8) is 0 Å². The lowest BCUT2D eigenvalue weighted by Crippen LogP contribution is -2.35. The largest absolute Gasteiger partial charge is 0.497 e. The number of ether oxygens (including phenoxy) is 2. The first-order valence-electron chi connectivity index (χ1n) is 8.32. The zero-order chi connectivity index (χ0) is 14.7. The molecule has 3 rings (SSSR count). The molecular formula is C18H27NO2. The van der Waals surface area contributed by atoms with Crippen LogP contribution >= 0.6 is 0 Å². The lowest BCUT2D eigenvalue weighted by molar-refractivity contribution is -0.00191. The van der Waals surface area contributed by atoms with Crippen molar-refractivity contribution >= 4 is 0 Å². The van der Waals surface area contributed by atoms with E-state index in [1.807, 2.05) is 6.07 Å². The predicted molar refractivity (Wildman–Crippen MR) is 84.6 cm³/mol. The first-order valence-corrected chi connectivity index (χ1v) is 8.32. The van der Waals surface area contributed by atoms with Crippen molar-refractivity contribution in [3.8, 4) is 5.75 Å². The van der Waals surface area contributed by atoms with Crippen LogP contribution in [0.1, 0.15) is 55.7 Å². The van der Waals surface area contributed by atoms with Crippen LogP contribution in [0.25, 0.3) is 0 Å². The van der Waals surface area contributed by atoms with Crippen LogP contribution < -0.4 is 10.5 Å². The van der Waals surface area contributed by atoms with Gasteiger partial charge in [-0.3, -0.25) is 0 Å². The molecule has 0 bridgehead atoms. The second kappa shape index (κ2) is 6.80. The van der Waals surface area contributed by atoms with Crippen LogP contribution in [0.15, 0.2) is 18.2 Å². The number of rotatable bonds is 4. The van der Waals surface area contributed by atoms with Crippen LogP contribution in [-0.4, -0.2) is 19.8 Å². The Kier molecular flexibility index (Phi) is 4.81. The van der Waals surface area contributed by atoms with Gasteiger partial charge in [0.05, 0.1) is 19.3 Å². The average Bonchev–Trinajstić information content (AvgIpc) is 2.55. The molecule has 0 spiro atoms. The van der Waals surface area contributed by atoms with Crippen molar-refractivity contribution in [3.05, 3.63) is 29.3 Å². The molecule has 1 saturated carbocycles. The highest BCUT2D eigenvalue weighted by atomic mass is 16.5. The molecule has 116 valence electrons. The van der Waals surface area contributed by atoms with Crippen molar-refractivity contribution in [2.24, 2.45) is 11.7 Å². The quantitative estimate of drug-likeness (QED) is 0.921. The van der Waals surface area contributed by atoms with E-state index < -0.39 is 0 Å². The Morgan fingerprint density at radius 1 is 1.14 bits per heavy atom. The molecule has 3 heteroatoms. The number of hydrogen-bond donors (Lipinski definition) is 1. The molecule has 2 atom stereocenters. The van der Waals surface area contributed by atoms with E-state index in [1.165, 1.54) is 43.2 Å². The third-order valence-corrected chi connectivity index (χ3v) is 5.08. The molecule has 0 heterocycles. The SMILES string of the molecule is COc1ccc2c(c1)CCC(OCC1CCCCC1)C2N. The Bertz CT molecular complexity index is 468. The minimum atomic E-state index is 0.00301. The van der Waals surface area contributed by atoms with Gasteiger partial charge in [0.1, 0.15) is 5.75 Å². The summed E-state index contributed by atoms with van der Waals surface area (Å²) in [5.41, 5.74) is 8.98. The summed E-state index contributed by atoms with van der Waals surface area (Å²) in [6, 6.07) is 6.23. The fourth-order valence-electron chi connectivity index (χ4n) is 3.73. The molecule has 1 fully saturated rings. The second-order valence-electron chi connectivity index (χ2n) is 6.51. The van der Waals surface area contributed by atoms with E-state index in [0.29, 0.717) is 0 Å². The van der Waals surface area contributed by atoms with Gasteiger partial charge in [-0.2, -0.15) is 0 Å². The molecular weight excluding hydrogens is 262 g/mol. The number of methoxy groups -OCH3 is 1. The number of fused-ring (bicyclic) bond motifs is 1. The van der Waals surface area contributed by atoms with E-state index >= 15 is 0 Å².